The van der Waals surface area contributed by atoms with Crippen LogP contribution < -0.4 is 15.5 Å². The first-order valence-electron chi connectivity index (χ1n) is 9.15. The summed E-state index contributed by atoms with van der Waals surface area (Å²) in [6, 6.07) is 8.47. The number of hydrogen-bond acceptors (Lipinski definition) is 2. The van der Waals surface area contributed by atoms with Crippen LogP contribution in [-0.4, -0.2) is 25.2 Å². The van der Waals surface area contributed by atoms with Crippen LogP contribution in [0.4, 0.5) is 16.2 Å². The van der Waals surface area contributed by atoms with Gasteiger partial charge in [0.15, 0.2) is 0 Å². The molecule has 0 aromatic heterocycles. The average molecular weight is 315 g/mol. The Bertz CT molecular complexity index is 525. The van der Waals surface area contributed by atoms with Gasteiger partial charge in [-0.2, -0.15) is 0 Å². The first-order valence-corrected chi connectivity index (χ1v) is 9.15. The van der Waals surface area contributed by atoms with Gasteiger partial charge in [-0.15, -0.1) is 0 Å². The lowest BCUT2D eigenvalue weighted by atomic mass is 9.86. The Morgan fingerprint density at radius 3 is 2.65 bits per heavy atom. The van der Waals surface area contributed by atoms with Gasteiger partial charge in [-0.1, -0.05) is 25.8 Å². The molecule has 1 aliphatic carbocycles. The van der Waals surface area contributed by atoms with Crippen molar-refractivity contribution in [1.29, 1.82) is 0 Å². The number of nitrogens with one attached hydrogen (secondary N) is 2. The first kappa shape index (κ1) is 16.2. The molecular weight excluding hydrogens is 286 g/mol. The van der Waals surface area contributed by atoms with E-state index in [1.165, 1.54) is 44.2 Å². The van der Waals surface area contributed by atoms with Gasteiger partial charge in [0.1, 0.15) is 0 Å². The molecule has 4 heteroatoms. The molecule has 2 atom stereocenters. The molecule has 126 valence electrons. The van der Waals surface area contributed by atoms with Gasteiger partial charge in [0.25, 0.3) is 0 Å². The third-order valence-electron chi connectivity index (χ3n) is 5.25. The number of rotatable bonds is 3. The van der Waals surface area contributed by atoms with Crippen LogP contribution in [0.15, 0.2) is 24.3 Å². The molecular formula is C19H29N3O. The van der Waals surface area contributed by atoms with Gasteiger partial charge >= 0.3 is 6.03 Å². The number of carbonyl (C=O) groups excluding carboxylic acids is 1. The fraction of sp³-hybridized carbons (Fsp3) is 0.632. The lowest BCUT2D eigenvalue weighted by molar-refractivity contribution is 0.232. The van der Waals surface area contributed by atoms with E-state index in [1.807, 2.05) is 12.1 Å². The van der Waals surface area contributed by atoms with Crippen molar-refractivity contribution in [2.45, 2.75) is 57.9 Å². The van der Waals surface area contributed by atoms with Crippen LogP contribution in [0.5, 0.6) is 0 Å². The van der Waals surface area contributed by atoms with Gasteiger partial charge < -0.3 is 15.5 Å². The standard InChI is InChI=1S/C19H29N3O/c1-15-8-3-4-11-18(15)21-19(23)20-16-9-7-10-17(14-16)22-12-5-2-6-13-22/h7,9-10,14-15,18H,2-6,8,11-13H2,1H3,(H2,20,21,23). The number of carbonyl (C=O) groups is 1. The summed E-state index contributed by atoms with van der Waals surface area (Å²) in [5.74, 6) is 0.578. The third kappa shape index (κ3) is 4.40. The highest BCUT2D eigenvalue weighted by Crippen LogP contribution is 2.25. The molecule has 1 aliphatic heterocycles. The summed E-state index contributed by atoms with van der Waals surface area (Å²) >= 11 is 0. The molecule has 23 heavy (non-hydrogen) atoms. The summed E-state index contributed by atoms with van der Waals surface area (Å²) in [6.45, 7) is 4.48. The van der Waals surface area contributed by atoms with Crippen LogP contribution in [-0.2, 0) is 0 Å². The third-order valence-corrected chi connectivity index (χ3v) is 5.25. The molecule has 1 aromatic carbocycles. The summed E-state index contributed by atoms with van der Waals surface area (Å²) in [7, 11) is 0. The monoisotopic (exact) mass is 315 g/mol. The minimum absolute atomic E-state index is 0.0699. The second kappa shape index (κ2) is 7.71. The molecule has 0 radical (unpaired) electrons. The molecule has 2 amide bonds. The largest absolute Gasteiger partial charge is 0.371 e. The number of amides is 2. The average Bonchev–Trinajstić information content (AvgIpc) is 2.58. The van der Waals surface area contributed by atoms with Crippen molar-refractivity contribution in [2.24, 2.45) is 5.92 Å². The van der Waals surface area contributed by atoms with E-state index < -0.39 is 0 Å². The zero-order valence-electron chi connectivity index (χ0n) is 14.2. The second-order valence-corrected chi connectivity index (χ2v) is 7.06. The number of piperidine rings is 1. The fourth-order valence-electron chi connectivity index (χ4n) is 3.80. The van der Waals surface area contributed by atoms with Crippen LogP contribution >= 0.6 is 0 Å². The van der Waals surface area contributed by atoms with Crippen molar-refractivity contribution >= 4 is 17.4 Å². The zero-order valence-corrected chi connectivity index (χ0v) is 14.2. The molecule has 2 unspecified atom stereocenters. The van der Waals surface area contributed by atoms with E-state index >= 15 is 0 Å². The Morgan fingerprint density at radius 1 is 1.09 bits per heavy atom. The summed E-state index contributed by atoms with van der Waals surface area (Å²) < 4.78 is 0. The number of urea groups is 1. The SMILES string of the molecule is CC1CCCCC1NC(=O)Nc1cccc(N2CCCCC2)c1. The van der Waals surface area contributed by atoms with Gasteiger partial charge in [0.2, 0.25) is 0 Å². The number of hydrogen-bond donors (Lipinski definition) is 2. The smallest absolute Gasteiger partial charge is 0.319 e. The summed E-state index contributed by atoms with van der Waals surface area (Å²) in [6.07, 6.45) is 8.68. The molecule has 2 fully saturated rings. The van der Waals surface area contributed by atoms with Gasteiger partial charge in [0, 0.05) is 30.5 Å². The summed E-state index contributed by atoms with van der Waals surface area (Å²) in [4.78, 5) is 14.7. The van der Waals surface area contributed by atoms with E-state index in [1.54, 1.807) is 0 Å². The van der Waals surface area contributed by atoms with Crippen molar-refractivity contribution in [1.82, 2.24) is 5.32 Å². The van der Waals surface area contributed by atoms with Crippen LogP contribution in [0.2, 0.25) is 0 Å². The maximum absolute atomic E-state index is 12.3. The lowest BCUT2D eigenvalue weighted by Gasteiger charge is -2.30. The minimum Gasteiger partial charge on any atom is -0.371 e. The van der Waals surface area contributed by atoms with Gasteiger partial charge in [0.05, 0.1) is 0 Å². The first-order chi connectivity index (χ1) is 11.2. The molecule has 2 N–H and O–H groups in total. The van der Waals surface area contributed by atoms with Crippen molar-refractivity contribution < 1.29 is 4.79 Å². The highest BCUT2D eigenvalue weighted by Gasteiger charge is 2.22. The number of nitrogens with zero attached hydrogens (tertiary/aromatic N) is 1. The molecule has 0 spiro atoms. The molecule has 2 aliphatic rings. The van der Waals surface area contributed by atoms with E-state index in [2.05, 4.69) is 34.6 Å². The zero-order chi connectivity index (χ0) is 16.1. The quantitative estimate of drug-likeness (QED) is 0.869. The Morgan fingerprint density at radius 2 is 1.87 bits per heavy atom. The second-order valence-electron chi connectivity index (χ2n) is 7.06. The maximum Gasteiger partial charge on any atom is 0.319 e. The van der Waals surface area contributed by atoms with Crippen LogP contribution in [0.25, 0.3) is 0 Å². The number of anilines is 2. The van der Waals surface area contributed by atoms with Crippen molar-refractivity contribution in [3.63, 3.8) is 0 Å². The van der Waals surface area contributed by atoms with E-state index in [0.717, 1.165) is 25.2 Å². The molecule has 1 saturated carbocycles. The molecule has 4 nitrogen and oxygen atoms in total. The number of benzene rings is 1. The highest BCUT2D eigenvalue weighted by atomic mass is 16.2. The highest BCUT2D eigenvalue weighted by molar-refractivity contribution is 5.90. The van der Waals surface area contributed by atoms with E-state index in [9.17, 15) is 4.79 Å². The molecule has 1 aromatic rings. The van der Waals surface area contributed by atoms with Crippen molar-refractivity contribution in [3.05, 3.63) is 24.3 Å². The Labute approximate surface area is 139 Å². The van der Waals surface area contributed by atoms with E-state index in [4.69, 9.17) is 0 Å². The van der Waals surface area contributed by atoms with Crippen LogP contribution in [0, 0.1) is 5.92 Å². The molecule has 0 bridgehead atoms. The Balaban J connectivity index is 1.57. The normalized spacial score (nSPS) is 25.0. The minimum atomic E-state index is -0.0699. The van der Waals surface area contributed by atoms with E-state index in [0.29, 0.717) is 12.0 Å². The van der Waals surface area contributed by atoms with Gasteiger partial charge in [-0.3, -0.25) is 0 Å². The summed E-state index contributed by atoms with van der Waals surface area (Å²) in [5, 5.41) is 6.17. The van der Waals surface area contributed by atoms with Crippen LogP contribution in [0.1, 0.15) is 51.9 Å². The van der Waals surface area contributed by atoms with Crippen molar-refractivity contribution in [2.75, 3.05) is 23.3 Å². The van der Waals surface area contributed by atoms with E-state index in [-0.39, 0.29) is 6.03 Å². The maximum atomic E-state index is 12.3. The topological polar surface area (TPSA) is 44.4 Å². The Hall–Kier alpha value is -1.71. The predicted molar refractivity (Wildman–Crippen MR) is 96.1 cm³/mol. The van der Waals surface area contributed by atoms with Crippen LogP contribution in [0.3, 0.4) is 0 Å². The van der Waals surface area contributed by atoms with Gasteiger partial charge in [-0.25, -0.2) is 4.79 Å². The summed E-state index contributed by atoms with van der Waals surface area (Å²) in [5.41, 5.74) is 2.10. The van der Waals surface area contributed by atoms with Crippen molar-refractivity contribution in [3.8, 4) is 0 Å². The lowest BCUT2D eigenvalue weighted by Crippen LogP contribution is -2.43. The Kier molecular flexibility index (Phi) is 5.42. The fourth-order valence-corrected chi connectivity index (χ4v) is 3.80. The van der Waals surface area contributed by atoms with Gasteiger partial charge in [-0.05, 0) is 56.2 Å². The molecule has 1 saturated heterocycles. The molecule has 1 heterocycles. The predicted octanol–water partition coefficient (Wildman–Crippen LogP) is 4.38. The molecule has 3 rings (SSSR count).